The van der Waals surface area contributed by atoms with E-state index in [0.717, 1.165) is 16.8 Å². The summed E-state index contributed by atoms with van der Waals surface area (Å²) in [4.78, 5) is 24.2. The maximum atomic E-state index is 12.2. The Morgan fingerprint density at radius 1 is 1.00 bits per heavy atom. The SMILES string of the molecule is Cc1cccc(C(C)C)c1NC(=O)COC(=O)[C@H](C)Oc1ccccc1. The van der Waals surface area contributed by atoms with E-state index in [1.54, 1.807) is 19.1 Å². The van der Waals surface area contributed by atoms with Crippen LogP contribution in [0.25, 0.3) is 0 Å². The van der Waals surface area contributed by atoms with E-state index in [1.807, 2.05) is 43.3 Å². The summed E-state index contributed by atoms with van der Waals surface area (Å²) in [7, 11) is 0. The van der Waals surface area contributed by atoms with Crippen molar-refractivity contribution in [2.45, 2.75) is 39.7 Å². The average molecular weight is 355 g/mol. The molecule has 26 heavy (non-hydrogen) atoms. The first kappa shape index (κ1) is 19.5. The standard InChI is InChI=1S/C21H25NO4/c1-14(2)18-12-8-9-15(3)20(18)22-19(23)13-25-21(24)16(4)26-17-10-6-5-7-11-17/h5-12,14,16H,13H2,1-4H3,(H,22,23)/t16-/m0/s1. The Bertz CT molecular complexity index is 756. The molecule has 2 rings (SSSR count). The van der Waals surface area contributed by atoms with Gasteiger partial charge in [-0.25, -0.2) is 4.79 Å². The minimum absolute atomic E-state index is 0.270. The molecule has 1 atom stereocenters. The third-order valence-corrected chi connectivity index (χ3v) is 3.92. The van der Waals surface area contributed by atoms with E-state index < -0.39 is 12.1 Å². The lowest BCUT2D eigenvalue weighted by Crippen LogP contribution is -2.30. The average Bonchev–Trinajstić information content (AvgIpc) is 2.62. The van der Waals surface area contributed by atoms with Crippen LogP contribution in [0.2, 0.25) is 0 Å². The number of ether oxygens (including phenoxy) is 2. The minimum atomic E-state index is -0.796. The molecule has 5 heteroatoms. The molecular formula is C21H25NO4. The van der Waals surface area contributed by atoms with E-state index in [2.05, 4.69) is 19.2 Å². The number of carbonyl (C=O) groups is 2. The lowest BCUT2D eigenvalue weighted by atomic mass is 9.98. The van der Waals surface area contributed by atoms with Gasteiger partial charge in [-0.2, -0.15) is 0 Å². The molecule has 0 aliphatic carbocycles. The van der Waals surface area contributed by atoms with Gasteiger partial charge in [-0.05, 0) is 43.0 Å². The number of aryl methyl sites for hydroxylation is 1. The lowest BCUT2D eigenvalue weighted by molar-refractivity contribution is -0.153. The molecule has 0 radical (unpaired) electrons. The molecule has 1 N–H and O–H groups in total. The van der Waals surface area contributed by atoms with Crippen molar-refractivity contribution < 1.29 is 19.1 Å². The molecule has 0 saturated carbocycles. The Labute approximate surface area is 154 Å². The fourth-order valence-corrected chi connectivity index (χ4v) is 2.52. The van der Waals surface area contributed by atoms with E-state index in [9.17, 15) is 9.59 Å². The zero-order valence-corrected chi connectivity index (χ0v) is 15.6. The van der Waals surface area contributed by atoms with Crippen LogP contribution in [0.3, 0.4) is 0 Å². The van der Waals surface area contributed by atoms with Crippen LogP contribution in [0.4, 0.5) is 5.69 Å². The Hall–Kier alpha value is -2.82. The Morgan fingerprint density at radius 2 is 1.69 bits per heavy atom. The number of nitrogens with one attached hydrogen (secondary N) is 1. The second-order valence-corrected chi connectivity index (χ2v) is 6.42. The quantitative estimate of drug-likeness (QED) is 0.761. The molecule has 5 nitrogen and oxygen atoms in total. The van der Waals surface area contributed by atoms with Crippen molar-refractivity contribution in [3.63, 3.8) is 0 Å². The summed E-state index contributed by atoms with van der Waals surface area (Å²) in [6, 6.07) is 14.9. The highest BCUT2D eigenvalue weighted by Gasteiger charge is 2.18. The first-order valence-electron chi connectivity index (χ1n) is 8.66. The highest BCUT2D eigenvalue weighted by molar-refractivity contribution is 5.94. The van der Waals surface area contributed by atoms with Gasteiger partial charge in [0.15, 0.2) is 12.7 Å². The fraction of sp³-hybridized carbons (Fsp3) is 0.333. The van der Waals surface area contributed by atoms with Crippen LogP contribution < -0.4 is 10.1 Å². The van der Waals surface area contributed by atoms with Crippen LogP contribution >= 0.6 is 0 Å². The van der Waals surface area contributed by atoms with E-state index in [0.29, 0.717) is 5.75 Å². The predicted octanol–water partition coefficient (Wildman–Crippen LogP) is 4.07. The minimum Gasteiger partial charge on any atom is -0.479 e. The second kappa shape index (κ2) is 9.04. The summed E-state index contributed by atoms with van der Waals surface area (Å²) >= 11 is 0. The van der Waals surface area contributed by atoms with Crippen LogP contribution in [0.1, 0.15) is 37.8 Å². The van der Waals surface area contributed by atoms with E-state index >= 15 is 0 Å². The topological polar surface area (TPSA) is 64.6 Å². The van der Waals surface area contributed by atoms with E-state index in [1.165, 1.54) is 0 Å². The number of hydrogen-bond donors (Lipinski definition) is 1. The van der Waals surface area contributed by atoms with Gasteiger partial charge in [0.2, 0.25) is 0 Å². The summed E-state index contributed by atoms with van der Waals surface area (Å²) in [5.74, 6) is -0.116. The molecule has 0 bridgehead atoms. The fourth-order valence-electron chi connectivity index (χ4n) is 2.52. The molecule has 0 fully saturated rings. The molecule has 2 aromatic rings. The number of esters is 1. The number of benzene rings is 2. The van der Waals surface area contributed by atoms with Gasteiger partial charge in [0.05, 0.1) is 0 Å². The van der Waals surface area contributed by atoms with Crippen molar-refractivity contribution in [1.82, 2.24) is 0 Å². The molecule has 1 amide bonds. The highest BCUT2D eigenvalue weighted by Crippen LogP contribution is 2.27. The third-order valence-electron chi connectivity index (χ3n) is 3.92. The smallest absolute Gasteiger partial charge is 0.347 e. The van der Waals surface area contributed by atoms with Crippen molar-refractivity contribution in [3.05, 3.63) is 59.7 Å². The van der Waals surface area contributed by atoms with Crippen molar-refractivity contribution in [2.24, 2.45) is 0 Å². The Kier molecular flexibility index (Phi) is 6.78. The predicted molar refractivity (Wildman–Crippen MR) is 101 cm³/mol. The number of rotatable bonds is 7. The van der Waals surface area contributed by atoms with Gasteiger partial charge in [-0.1, -0.05) is 50.2 Å². The summed E-state index contributed by atoms with van der Waals surface area (Å²) in [6.07, 6.45) is -0.796. The maximum Gasteiger partial charge on any atom is 0.347 e. The molecule has 0 aliphatic rings. The van der Waals surface area contributed by atoms with Crippen LogP contribution in [0, 0.1) is 6.92 Å². The second-order valence-electron chi connectivity index (χ2n) is 6.42. The molecular weight excluding hydrogens is 330 g/mol. The monoisotopic (exact) mass is 355 g/mol. The Balaban J connectivity index is 1.90. The molecule has 0 aromatic heterocycles. The Morgan fingerprint density at radius 3 is 2.35 bits per heavy atom. The lowest BCUT2D eigenvalue weighted by Gasteiger charge is -2.17. The normalized spacial score (nSPS) is 11.7. The molecule has 138 valence electrons. The van der Waals surface area contributed by atoms with Crippen LogP contribution in [0.15, 0.2) is 48.5 Å². The summed E-state index contributed by atoms with van der Waals surface area (Å²) in [5.41, 5.74) is 2.79. The first-order valence-corrected chi connectivity index (χ1v) is 8.66. The van der Waals surface area contributed by atoms with Gasteiger partial charge in [-0.15, -0.1) is 0 Å². The number of para-hydroxylation sites is 2. The van der Waals surface area contributed by atoms with Gasteiger partial charge < -0.3 is 14.8 Å². The first-order chi connectivity index (χ1) is 12.4. The van der Waals surface area contributed by atoms with Crippen LogP contribution in [-0.4, -0.2) is 24.6 Å². The summed E-state index contributed by atoms with van der Waals surface area (Å²) in [6.45, 7) is 7.29. The largest absolute Gasteiger partial charge is 0.479 e. The molecule has 0 aliphatic heterocycles. The van der Waals surface area contributed by atoms with Crippen LogP contribution in [-0.2, 0) is 14.3 Å². The van der Waals surface area contributed by atoms with Gasteiger partial charge >= 0.3 is 5.97 Å². The number of anilines is 1. The zero-order valence-electron chi connectivity index (χ0n) is 15.6. The maximum absolute atomic E-state index is 12.2. The molecule has 2 aromatic carbocycles. The van der Waals surface area contributed by atoms with E-state index in [-0.39, 0.29) is 18.4 Å². The number of amides is 1. The van der Waals surface area contributed by atoms with Crippen molar-refractivity contribution in [2.75, 3.05) is 11.9 Å². The van der Waals surface area contributed by atoms with E-state index in [4.69, 9.17) is 9.47 Å². The molecule has 0 unspecified atom stereocenters. The van der Waals surface area contributed by atoms with Crippen molar-refractivity contribution >= 4 is 17.6 Å². The zero-order chi connectivity index (χ0) is 19.1. The van der Waals surface area contributed by atoms with Crippen LogP contribution in [0.5, 0.6) is 5.75 Å². The van der Waals surface area contributed by atoms with Gasteiger partial charge in [0.25, 0.3) is 5.91 Å². The van der Waals surface area contributed by atoms with Gasteiger partial charge in [0.1, 0.15) is 5.75 Å². The van der Waals surface area contributed by atoms with Crippen molar-refractivity contribution in [3.8, 4) is 5.75 Å². The number of hydrogen-bond acceptors (Lipinski definition) is 4. The summed E-state index contributed by atoms with van der Waals surface area (Å²) in [5, 5.41) is 2.85. The summed E-state index contributed by atoms with van der Waals surface area (Å²) < 4.78 is 10.6. The third kappa shape index (κ3) is 5.34. The van der Waals surface area contributed by atoms with Crippen molar-refractivity contribution in [1.29, 1.82) is 0 Å². The number of carbonyl (C=O) groups excluding carboxylic acids is 2. The highest BCUT2D eigenvalue weighted by atomic mass is 16.6. The molecule has 0 heterocycles. The molecule has 0 spiro atoms. The van der Waals surface area contributed by atoms with Gasteiger partial charge in [0, 0.05) is 5.69 Å². The molecule has 0 saturated heterocycles. The van der Waals surface area contributed by atoms with Gasteiger partial charge in [-0.3, -0.25) is 4.79 Å².